The third kappa shape index (κ3) is 4.97. The van der Waals surface area contributed by atoms with Crippen molar-refractivity contribution in [3.63, 3.8) is 0 Å². The number of alkyl halides is 3. The number of methoxy groups -OCH3 is 1. The molecule has 0 aliphatic heterocycles. The minimum Gasteiger partial charge on any atom is -0.451 e. The lowest BCUT2D eigenvalue weighted by Crippen LogP contribution is -2.23. The lowest BCUT2D eigenvalue weighted by atomic mass is 10.1. The Morgan fingerprint density at radius 1 is 1.16 bits per heavy atom. The number of nitrogens with one attached hydrogen (secondary N) is 1. The highest BCUT2D eigenvalue weighted by Gasteiger charge is 2.35. The fourth-order valence-corrected chi connectivity index (χ4v) is 4.21. The van der Waals surface area contributed by atoms with Gasteiger partial charge in [-0.1, -0.05) is 23.7 Å². The van der Waals surface area contributed by atoms with Crippen LogP contribution in [0.3, 0.4) is 0 Å². The maximum atomic E-state index is 14.2. The normalized spacial score (nSPS) is 11.5. The van der Waals surface area contributed by atoms with Crippen LogP contribution >= 0.6 is 22.9 Å². The Hall–Kier alpha value is -2.69. The van der Waals surface area contributed by atoms with Crippen molar-refractivity contribution in [3.8, 4) is 0 Å². The van der Waals surface area contributed by atoms with Crippen molar-refractivity contribution in [2.75, 3.05) is 19.0 Å². The van der Waals surface area contributed by atoms with E-state index < -0.39 is 41.7 Å². The van der Waals surface area contributed by atoms with Crippen LogP contribution < -0.4 is 5.32 Å². The summed E-state index contributed by atoms with van der Waals surface area (Å²) in [5.74, 6) is -2.50. The molecular formula is C20H14ClF4NO4S. The lowest BCUT2D eigenvalue weighted by Gasteiger charge is -2.15. The molecule has 3 aromatic rings. The molecule has 164 valence electrons. The first-order valence-electron chi connectivity index (χ1n) is 8.65. The van der Waals surface area contributed by atoms with Gasteiger partial charge in [-0.2, -0.15) is 13.2 Å². The first kappa shape index (κ1) is 23.0. The van der Waals surface area contributed by atoms with Crippen LogP contribution in [0.1, 0.15) is 20.8 Å². The fraction of sp³-hybridized carbons (Fsp3) is 0.200. The number of thiophene rings is 1. The summed E-state index contributed by atoms with van der Waals surface area (Å²) < 4.78 is 64.0. The number of hydrogen-bond acceptors (Lipinski definition) is 5. The molecule has 11 heteroatoms. The summed E-state index contributed by atoms with van der Waals surface area (Å²) in [4.78, 5) is 24.6. The molecule has 3 rings (SSSR count). The molecule has 0 saturated carbocycles. The van der Waals surface area contributed by atoms with Gasteiger partial charge in [-0.05, 0) is 24.3 Å². The van der Waals surface area contributed by atoms with Crippen molar-refractivity contribution in [1.29, 1.82) is 0 Å². The summed E-state index contributed by atoms with van der Waals surface area (Å²) in [6.45, 7) is -0.948. The monoisotopic (exact) mass is 475 g/mol. The van der Waals surface area contributed by atoms with Gasteiger partial charge in [0.2, 0.25) is 0 Å². The maximum absolute atomic E-state index is 14.2. The van der Waals surface area contributed by atoms with E-state index in [-0.39, 0.29) is 27.5 Å². The van der Waals surface area contributed by atoms with E-state index in [1.165, 1.54) is 25.3 Å². The van der Waals surface area contributed by atoms with E-state index in [1.54, 1.807) is 6.07 Å². The molecule has 0 unspecified atom stereocenters. The summed E-state index contributed by atoms with van der Waals surface area (Å²) in [5.41, 5.74) is -1.51. The number of carbonyl (C=O) groups is 2. The lowest BCUT2D eigenvalue weighted by molar-refractivity contribution is -0.137. The van der Waals surface area contributed by atoms with Crippen molar-refractivity contribution >= 4 is 50.6 Å². The van der Waals surface area contributed by atoms with Gasteiger partial charge >= 0.3 is 12.1 Å². The van der Waals surface area contributed by atoms with E-state index in [0.29, 0.717) is 4.70 Å². The highest BCUT2D eigenvalue weighted by Crippen LogP contribution is 2.38. The molecule has 0 spiro atoms. The number of hydrogen-bond donors (Lipinski definition) is 1. The number of carbonyl (C=O) groups excluding carboxylic acids is 2. The summed E-state index contributed by atoms with van der Waals surface area (Å²) in [6.07, 6.45) is -4.75. The molecule has 0 aliphatic rings. The zero-order chi connectivity index (χ0) is 22.8. The van der Waals surface area contributed by atoms with Crippen LogP contribution in [0, 0.1) is 5.82 Å². The topological polar surface area (TPSA) is 64.6 Å². The van der Waals surface area contributed by atoms with Crippen LogP contribution in [-0.2, 0) is 27.1 Å². The number of esters is 1. The Morgan fingerprint density at radius 2 is 1.87 bits per heavy atom. The molecule has 1 N–H and O–H groups in total. The largest absolute Gasteiger partial charge is 0.451 e. The third-order valence-electron chi connectivity index (χ3n) is 4.16. The van der Waals surface area contributed by atoms with Crippen LogP contribution in [0.15, 0.2) is 36.4 Å². The fourth-order valence-electron chi connectivity index (χ4n) is 2.87. The number of benzene rings is 2. The standard InChI is InChI=1S/C20H14ClF4NO4S/c1-29-8-10-16-13(22)6-3-7-14(16)31-18(10)19(28)30-9-15(27)26-17-11(20(23,24)25)4-2-5-12(17)21/h2-7H,8-9H2,1H3,(H,26,27). The summed E-state index contributed by atoms with van der Waals surface area (Å²) in [5, 5.41) is 1.90. The van der Waals surface area contributed by atoms with Crippen molar-refractivity contribution in [2.45, 2.75) is 12.8 Å². The van der Waals surface area contributed by atoms with Gasteiger partial charge in [-0.25, -0.2) is 9.18 Å². The van der Waals surface area contributed by atoms with Crippen LogP contribution in [0.25, 0.3) is 10.1 Å². The zero-order valence-electron chi connectivity index (χ0n) is 15.8. The third-order valence-corrected chi connectivity index (χ3v) is 5.65. The predicted molar refractivity (Wildman–Crippen MR) is 108 cm³/mol. The molecule has 0 fully saturated rings. The molecule has 1 amide bonds. The van der Waals surface area contributed by atoms with Gasteiger partial charge < -0.3 is 14.8 Å². The van der Waals surface area contributed by atoms with Gasteiger partial charge in [0.1, 0.15) is 10.7 Å². The van der Waals surface area contributed by atoms with Gasteiger partial charge in [0, 0.05) is 22.8 Å². The summed E-state index contributed by atoms with van der Waals surface area (Å²) >= 11 is 6.74. The molecule has 0 saturated heterocycles. The van der Waals surface area contributed by atoms with Crippen LogP contribution in [-0.4, -0.2) is 25.6 Å². The predicted octanol–water partition coefficient (Wildman–Crippen LogP) is 5.65. The smallest absolute Gasteiger partial charge is 0.418 e. The van der Waals surface area contributed by atoms with E-state index in [0.717, 1.165) is 23.5 Å². The second-order valence-electron chi connectivity index (χ2n) is 6.24. The molecule has 0 aliphatic carbocycles. The number of ether oxygens (including phenoxy) is 2. The van der Waals surface area contributed by atoms with E-state index in [9.17, 15) is 27.2 Å². The molecule has 1 heterocycles. The van der Waals surface area contributed by atoms with Crippen molar-refractivity contribution < 1.29 is 36.6 Å². The molecule has 0 radical (unpaired) electrons. The molecular weight excluding hydrogens is 462 g/mol. The van der Waals surface area contributed by atoms with Crippen LogP contribution in [0.2, 0.25) is 5.02 Å². The SMILES string of the molecule is COCc1c(C(=O)OCC(=O)Nc2c(Cl)cccc2C(F)(F)F)sc2cccc(F)c12. The Labute approximate surface area is 182 Å². The second kappa shape index (κ2) is 9.21. The van der Waals surface area contributed by atoms with Gasteiger partial charge in [-0.3, -0.25) is 4.79 Å². The number of para-hydroxylation sites is 1. The van der Waals surface area contributed by atoms with Crippen LogP contribution in [0.5, 0.6) is 0 Å². The zero-order valence-corrected chi connectivity index (χ0v) is 17.4. The number of rotatable bonds is 6. The van der Waals surface area contributed by atoms with Crippen LogP contribution in [0.4, 0.5) is 23.2 Å². The number of halogens is 5. The molecule has 2 aromatic carbocycles. The summed E-state index contributed by atoms with van der Waals surface area (Å²) in [7, 11) is 1.37. The average molecular weight is 476 g/mol. The van der Waals surface area contributed by atoms with Crippen molar-refractivity contribution in [2.24, 2.45) is 0 Å². The number of anilines is 1. The minimum atomic E-state index is -4.75. The molecule has 1 aromatic heterocycles. The molecule has 31 heavy (non-hydrogen) atoms. The Morgan fingerprint density at radius 3 is 2.55 bits per heavy atom. The first-order valence-corrected chi connectivity index (χ1v) is 9.84. The molecule has 5 nitrogen and oxygen atoms in total. The first-order chi connectivity index (χ1) is 14.6. The van der Waals surface area contributed by atoms with E-state index >= 15 is 0 Å². The molecule has 0 atom stereocenters. The number of fused-ring (bicyclic) bond motifs is 1. The van der Waals surface area contributed by atoms with Gasteiger partial charge in [-0.15, -0.1) is 11.3 Å². The highest BCUT2D eigenvalue weighted by atomic mass is 35.5. The van der Waals surface area contributed by atoms with Gasteiger partial charge in [0.15, 0.2) is 6.61 Å². The minimum absolute atomic E-state index is 0.0310. The van der Waals surface area contributed by atoms with Crippen molar-refractivity contribution in [3.05, 3.63) is 63.2 Å². The molecule has 0 bridgehead atoms. The van der Waals surface area contributed by atoms with Gasteiger partial charge in [0.05, 0.1) is 22.9 Å². The quantitative estimate of drug-likeness (QED) is 0.369. The van der Waals surface area contributed by atoms with E-state index in [2.05, 4.69) is 0 Å². The maximum Gasteiger partial charge on any atom is 0.418 e. The average Bonchev–Trinajstić information content (AvgIpc) is 3.07. The van der Waals surface area contributed by atoms with E-state index in [1.807, 2.05) is 5.32 Å². The van der Waals surface area contributed by atoms with Crippen molar-refractivity contribution in [1.82, 2.24) is 0 Å². The second-order valence-corrected chi connectivity index (χ2v) is 7.70. The number of amides is 1. The van der Waals surface area contributed by atoms with E-state index in [4.69, 9.17) is 21.1 Å². The summed E-state index contributed by atoms with van der Waals surface area (Å²) in [6, 6.07) is 7.37. The Kier molecular flexibility index (Phi) is 6.83. The Balaban J connectivity index is 1.77. The Bertz CT molecular complexity index is 1150. The van der Waals surface area contributed by atoms with Gasteiger partial charge in [0.25, 0.3) is 5.91 Å². The highest BCUT2D eigenvalue weighted by molar-refractivity contribution is 7.21.